The van der Waals surface area contributed by atoms with E-state index < -0.39 is 9.84 Å². The molecule has 0 spiro atoms. The molecule has 0 N–H and O–H groups in total. The monoisotopic (exact) mass is 448 g/mol. The molecule has 2 aromatic carbocycles. The van der Waals surface area contributed by atoms with Crippen molar-refractivity contribution < 1.29 is 8.42 Å². The molecule has 0 radical (unpaired) electrons. The first-order valence-corrected chi connectivity index (χ1v) is 10.9. The maximum atomic E-state index is 13.5. The largest absolute Gasteiger partial charge is 0.278 e. The number of nitrogens with zero attached hydrogens (tertiary/aromatic N) is 6. The summed E-state index contributed by atoms with van der Waals surface area (Å²) in [6.07, 6.45) is 1.08. The van der Waals surface area contributed by atoms with Crippen LogP contribution in [0.25, 0.3) is 16.7 Å². The lowest BCUT2D eigenvalue weighted by Crippen LogP contribution is -2.16. The minimum Gasteiger partial charge on any atom is -0.248 e. The van der Waals surface area contributed by atoms with E-state index in [0.717, 1.165) is 4.68 Å². The summed E-state index contributed by atoms with van der Waals surface area (Å²) in [6.45, 7) is 1.92. The van der Waals surface area contributed by atoms with E-state index in [1.165, 1.54) is 6.07 Å². The number of rotatable bonds is 5. The molecule has 0 aliphatic carbocycles. The average molecular weight is 449 g/mol. The lowest BCUT2D eigenvalue weighted by Gasteiger charge is -2.11. The van der Waals surface area contributed by atoms with Gasteiger partial charge in [-0.25, -0.2) is 18.4 Å². The van der Waals surface area contributed by atoms with Crippen LogP contribution < -0.4 is 0 Å². The van der Waals surface area contributed by atoms with Crippen LogP contribution in [0.3, 0.4) is 0 Å². The minimum absolute atomic E-state index is 0.197. The maximum Gasteiger partial charge on any atom is 0.278 e. The topological polar surface area (TPSA) is 104 Å². The third kappa shape index (κ3) is 3.57. The minimum atomic E-state index is -4.16. The lowest BCUT2D eigenvalue weighted by molar-refractivity contribution is 0.574. The molecule has 2 aromatic heterocycles. The van der Waals surface area contributed by atoms with Crippen LogP contribution in [0.2, 0.25) is 10.0 Å². The second-order valence-electron chi connectivity index (χ2n) is 6.19. The second kappa shape index (κ2) is 7.66. The van der Waals surface area contributed by atoms with Gasteiger partial charge in [0, 0.05) is 0 Å². The molecule has 0 amide bonds. The van der Waals surface area contributed by atoms with Gasteiger partial charge in [-0.1, -0.05) is 59.8 Å². The SMILES string of the molecule is CCCc1nc2cc(Cl)c(Cl)cc2nc1S(=O)(=O)c1nnnn1-c1ccccc1. The van der Waals surface area contributed by atoms with Crippen LogP contribution in [-0.2, 0) is 16.3 Å². The molecule has 0 saturated carbocycles. The van der Waals surface area contributed by atoms with Crippen molar-refractivity contribution in [2.45, 2.75) is 29.9 Å². The summed E-state index contributed by atoms with van der Waals surface area (Å²) in [5, 5.41) is 11.2. The van der Waals surface area contributed by atoms with Gasteiger partial charge in [0.2, 0.25) is 0 Å². The summed E-state index contributed by atoms with van der Waals surface area (Å²) < 4.78 is 28.1. The second-order valence-corrected chi connectivity index (χ2v) is 8.77. The standard InChI is InChI=1S/C18H14Cl2N6O2S/c1-2-6-14-17(22-16-10-13(20)12(19)9-15(16)21-14)29(27,28)18-23-24-25-26(18)11-7-4-3-5-8-11/h3-5,7-10H,2,6H2,1H3. The maximum absolute atomic E-state index is 13.5. The third-order valence-corrected chi connectivity index (χ3v) is 6.46. The van der Waals surface area contributed by atoms with Gasteiger partial charge in [-0.05, 0) is 41.1 Å². The predicted molar refractivity (Wildman–Crippen MR) is 108 cm³/mol. The van der Waals surface area contributed by atoms with Gasteiger partial charge in [0.1, 0.15) is 0 Å². The molecule has 0 fully saturated rings. The number of hydrogen-bond acceptors (Lipinski definition) is 7. The highest BCUT2D eigenvalue weighted by molar-refractivity contribution is 7.91. The number of halogens is 2. The van der Waals surface area contributed by atoms with Gasteiger partial charge in [0.15, 0.2) is 5.03 Å². The van der Waals surface area contributed by atoms with Crippen molar-refractivity contribution in [1.29, 1.82) is 0 Å². The molecule has 0 aliphatic heterocycles. The van der Waals surface area contributed by atoms with Crippen molar-refractivity contribution in [3.63, 3.8) is 0 Å². The first kappa shape index (κ1) is 19.7. The van der Waals surface area contributed by atoms with E-state index in [9.17, 15) is 8.42 Å². The Morgan fingerprint density at radius 2 is 1.66 bits per heavy atom. The number of sulfone groups is 1. The molecule has 4 rings (SSSR count). The molecule has 0 unspecified atom stereocenters. The molecule has 29 heavy (non-hydrogen) atoms. The average Bonchev–Trinajstić information content (AvgIpc) is 3.20. The number of fused-ring (bicyclic) bond motifs is 1. The Morgan fingerprint density at radius 3 is 2.31 bits per heavy atom. The molecule has 8 nitrogen and oxygen atoms in total. The van der Waals surface area contributed by atoms with Gasteiger partial charge in [-0.15, -0.1) is 0 Å². The summed E-state index contributed by atoms with van der Waals surface area (Å²) >= 11 is 12.1. The van der Waals surface area contributed by atoms with Gasteiger partial charge in [-0.2, -0.15) is 4.68 Å². The van der Waals surface area contributed by atoms with Crippen LogP contribution in [0.1, 0.15) is 19.0 Å². The van der Waals surface area contributed by atoms with Crippen molar-refractivity contribution in [3.8, 4) is 5.69 Å². The Labute approximate surface area is 176 Å². The molecule has 0 atom stereocenters. The van der Waals surface area contributed by atoms with Crippen LogP contribution in [-0.4, -0.2) is 38.6 Å². The zero-order chi connectivity index (χ0) is 20.6. The highest BCUT2D eigenvalue weighted by Crippen LogP contribution is 2.29. The molecule has 0 bridgehead atoms. The Morgan fingerprint density at radius 1 is 1.00 bits per heavy atom. The number of aryl methyl sites for hydroxylation is 1. The highest BCUT2D eigenvalue weighted by Gasteiger charge is 2.31. The zero-order valence-corrected chi connectivity index (χ0v) is 17.4. The number of para-hydroxylation sites is 1. The summed E-state index contributed by atoms with van der Waals surface area (Å²) in [5.41, 5.74) is 1.61. The van der Waals surface area contributed by atoms with Gasteiger partial charge < -0.3 is 0 Å². The zero-order valence-electron chi connectivity index (χ0n) is 15.1. The smallest absolute Gasteiger partial charge is 0.248 e. The Hall–Kier alpha value is -2.62. The van der Waals surface area contributed by atoms with E-state index in [4.69, 9.17) is 23.2 Å². The van der Waals surface area contributed by atoms with E-state index >= 15 is 0 Å². The van der Waals surface area contributed by atoms with Crippen LogP contribution >= 0.6 is 23.2 Å². The van der Waals surface area contributed by atoms with Crippen molar-refractivity contribution in [2.75, 3.05) is 0 Å². The van der Waals surface area contributed by atoms with E-state index in [1.54, 1.807) is 30.3 Å². The molecule has 11 heteroatoms. The van der Waals surface area contributed by atoms with Crippen LogP contribution in [0, 0.1) is 0 Å². The third-order valence-electron chi connectivity index (χ3n) is 4.17. The first-order chi connectivity index (χ1) is 13.9. The number of aromatic nitrogens is 6. The molecular formula is C18H14Cl2N6O2S. The van der Waals surface area contributed by atoms with Crippen LogP contribution in [0.4, 0.5) is 0 Å². The van der Waals surface area contributed by atoms with Crippen molar-refractivity contribution in [3.05, 3.63) is 58.2 Å². The van der Waals surface area contributed by atoms with Crippen molar-refractivity contribution in [2.24, 2.45) is 0 Å². The van der Waals surface area contributed by atoms with Gasteiger partial charge in [0.25, 0.3) is 15.0 Å². The van der Waals surface area contributed by atoms with Crippen molar-refractivity contribution in [1.82, 2.24) is 30.2 Å². The van der Waals surface area contributed by atoms with Crippen molar-refractivity contribution >= 4 is 44.1 Å². The van der Waals surface area contributed by atoms with E-state index in [0.29, 0.717) is 40.3 Å². The summed E-state index contributed by atoms with van der Waals surface area (Å²) in [4.78, 5) is 8.84. The molecular weight excluding hydrogens is 435 g/mol. The molecule has 148 valence electrons. The normalized spacial score (nSPS) is 11.8. The molecule has 2 heterocycles. The van der Waals surface area contributed by atoms with Gasteiger partial charge >= 0.3 is 0 Å². The highest BCUT2D eigenvalue weighted by atomic mass is 35.5. The summed E-state index contributed by atoms with van der Waals surface area (Å²) in [5.74, 6) is 0. The Balaban J connectivity index is 1.95. The van der Waals surface area contributed by atoms with Gasteiger partial charge in [-0.3, -0.25) is 0 Å². The van der Waals surface area contributed by atoms with Crippen LogP contribution in [0.15, 0.2) is 52.6 Å². The van der Waals surface area contributed by atoms with Crippen LogP contribution in [0.5, 0.6) is 0 Å². The number of hydrogen-bond donors (Lipinski definition) is 0. The summed E-state index contributed by atoms with van der Waals surface area (Å²) in [7, 11) is -4.16. The Bertz CT molecular complexity index is 1310. The molecule has 0 saturated heterocycles. The first-order valence-electron chi connectivity index (χ1n) is 8.66. The quantitative estimate of drug-likeness (QED) is 0.458. The molecule has 0 aliphatic rings. The van der Waals surface area contributed by atoms with E-state index in [1.807, 2.05) is 13.0 Å². The fourth-order valence-electron chi connectivity index (χ4n) is 2.85. The summed E-state index contributed by atoms with van der Waals surface area (Å²) in [6, 6.07) is 11.8. The molecule has 4 aromatic rings. The van der Waals surface area contributed by atoms with E-state index in [-0.39, 0.29) is 15.2 Å². The Kier molecular flexibility index (Phi) is 5.20. The van der Waals surface area contributed by atoms with Gasteiger partial charge in [0.05, 0.1) is 32.5 Å². The fourth-order valence-corrected chi connectivity index (χ4v) is 4.53. The fraction of sp³-hybridized carbons (Fsp3) is 0.167. The predicted octanol–water partition coefficient (Wildman–Crippen LogP) is 3.70. The number of tetrazole rings is 1. The van der Waals surface area contributed by atoms with E-state index in [2.05, 4.69) is 25.5 Å². The lowest BCUT2D eigenvalue weighted by atomic mass is 10.2. The number of benzene rings is 2.